The molecule has 66 valence electrons. The number of nitrogens with two attached hydrogens (primary N) is 1. The molecule has 1 heterocycles. The summed E-state index contributed by atoms with van der Waals surface area (Å²) >= 11 is 0. The predicted molar refractivity (Wildman–Crippen MR) is 52.6 cm³/mol. The van der Waals surface area contributed by atoms with Crippen molar-refractivity contribution in [1.82, 2.24) is 4.98 Å². The number of phenols is 1. The van der Waals surface area contributed by atoms with Crippen LogP contribution in [-0.2, 0) is 0 Å². The molecule has 1 aromatic carbocycles. The summed E-state index contributed by atoms with van der Waals surface area (Å²) in [6.45, 7) is 1.89. The molecule has 3 nitrogen and oxygen atoms in total. The van der Waals surface area contributed by atoms with Crippen LogP contribution in [0.5, 0.6) is 5.75 Å². The molecular weight excluding hydrogens is 164 g/mol. The van der Waals surface area contributed by atoms with Crippen LogP contribution in [0, 0.1) is 6.92 Å². The molecule has 1 aromatic heterocycles. The van der Waals surface area contributed by atoms with Gasteiger partial charge in [-0.2, -0.15) is 0 Å². The molecule has 0 fully saturated rings. The first-order chi connectivity index (χ1) is 6.18. The number of aryl methyl sites for hydroxylation is 1. The fraction of sp³-hybridized carbons (Fsp3) is 0.100. The number of hydrogen-bond donors (Lipinski definition) is 2. The van der Waals surface area contributed by atoms with Crippen LogP contribution in [0.15, 0.2) is 24.3 Å². The van der Waals surface area contributed by atoms with Crippen molar-refractivity contribution in [2.24, 2.45) is 0 Å². The minimum atomic E-state index is 0.219. The van der Waals surface area contributed by atoms with Gasteiger partial charge in [0.15, 0.2) is 0 Å². The summed E-state index contributed by atoms with van der Waals surface area (Å²) in [7, 11) is 0. The van der Waals surface area contributed by atoms with Crippen molar-refractivity contribution in [3.8, 4) is 5.75 Å². The molecule has 2 aromatic rings. The van der Waals surface area contributed by atoms with E-state index in [-0.39, 0.29) is 5.75 Å². The van der Waals surface area contributed by atoms with Gasteiger partial charge in [0.05, 0.1) is 11.2 Å². The first-order valence-corrected chi connectivity index (χ1v) is 4.03. The van der Waals surface area contributed by atoms with Gasteiger partial charge >= 0.3 is 0 Å². The zero-order chi connectivity index (χ0) is 9.42. The average Bonchev–Trinajstić information content (AvgIpc) is 2.12. The molecule has 0 saturated carbocycles. The van der Waals surface area contributed by atoms with Crippen molar-refractivity contribution in [2.45, 2.75) is 6.92 Å². The highest BCUT2D eigenvalue weighted by atomic mass is 16.3. The van der Waals surface area contributed by atoms with Gasteiger partial charge in [0, 0.05) is 11.1 Å². The van der Waals surface area contributed by atoms with Crippen LogP contribution in [0.3, 0.4) is 0 Å². The smallest absolute Gasteiger partial charge is 0.125 e. The molecule has 0 aliphatic heterocycles. The van der Waals surface area contributed by atoms with Crippen molar-refractivity contribution in [3.05, 3.63) is 30.0 Å². The second kappa shape index (κ2) is 2.62. The number of rotatable bonds is 0. The number of aromatic nitrogens is 1. The maximum Gasteiger partial charge on any atom is 0.125 e. The second-order valence-corrected chi connectivity index (χ2v) is 3.02. The van der Waals surface area contributed by atoms with E-state index in [9.17, 15) is 5.11 Å². The third-order valence-electron chi connectivity index (χ3n) is 2.00. The maximum absolute atomic E-state index is 9.49. The Morgan fingerprint density at radius 2 is 2.00 bits per heavy atom. The van der Waals surface area contributed by atoms with E-state index in [1.807, 2.05) is 19.1 Å². The highest BCUT2D eigenvalue weighted by molar-refractivity contribution is 5.93. The van der Waals surface area contributed by atoms with Gasteiger partial charge in [0.1, 0.15) is 5.75 Å². The van der Waals surface area contributed by atoms with Gasteiger partial charge < -0.3 is 10.8 Å². The van der Waals surface area contributed by atoms with Crippen LogP contribution < -0.4 is 5.73 Å². The number of fused-ring (bicyclic) bond motifs is 1. The third-order valence-corrected chi connectivity index (χ3v) is 2.00. The number of nitrogen functional groups attached to an aromatic ring is 1. The van der Waals surface area contributed by atoms with Gasteiger partial charge in [-0.05, 0) is 31.2 Å². The number of benzene rings is 1. The van der Waals surface area contributed by atoms with Crippen molar-refractivity contribution in [3.63, 3.8) is 0 Å². The number of phenolic OH excluding ortho intramolecular Hbond substituents is 1. The number of anilines is 1. The van der Waals surface area contributed by atoms with Gasteiger partial charge in [-0.25, -0.2) is 0 Å². The largest absolute Gasteiger partial charge is 0.507 e. The molecule has 0 atom stereocenters. The molecule has 0 aliphatic carbocycles. The van der Waals surface area contributed by atoms with E-state index in [0.29, 0.717) is 16.6 Å². The van der Waals surface area contributed by atoms with Gasteiger partial charge in [-0.15, -0.1) is 0 Å². The van der Waals surface area contributed by atoms with Crippen molar-refractivity contribution in [2.75, 3.05) is 5.73 Å². The SMILES string of the molecule is Cc1ccc2c(O)ccc(N)c2n1. The molecule has 3 heteroatoms. The lowest BCUT2D eigenvalue weighted by atomic mass is 10.1. The Bertz CT molecular complexity index is 466. The molecule has 0 unspecified atom stereocenters. The van der Waals surface area contributed by atoms with E-state index in [1.165, 1.54) is 0 Å². The van der Waals surface area contributed by atoms with Crippen molar-refractivity contribution < 1.29 is 5.11 Å². The first-order valence-electron chi connectivity index (χ1n) is 4.03. The Morgan fingerprint density at radius 1 is 1.23 bits per heavy atom. The Labute approximate surface area is 75.8 Å². The number of pyridine rings is 1. The summed E-state index contributed by atoms with van der Waals surface area (Å²) in [5.74, 6) is 0.219. The molecule has 13 heavy (non-hydrogen) atoms. The summed E-state index contributed by atoms with van der Waals surface area (Å²) in [5, 5.41) is 10.2. The minimum Gasteiger partial charge on any atom is -0.507 e. The van der Waals surface area contributed by atoms with Crippen LogP contribution in [-0.4, -0.2) is 10.1 Å². The average molecular weight is 174 g/mol. The van der Waals surface area contributed by atoms with Gasteiger partial charge in [-0.3, -0.25) is 4.98 Å². The molecule has 0 bridgehead atoms. The zero-order valence-corrected chi connectivity index (χ0v) is 7.28. The van der Waals surface area contributed by atoms with E-state index in [4.69, 9.17) is 5.73 Å². The molecule has 2 rings (SSSR count). The fourth-order valence-corrected chi connectivity index (χ4v) is 1.32. The Kier molecular flexibility index (Phi) is 1.59. The topological polar surface area (TPSA) is 59.1 Å². The van der Waals surface area contributed by atoms with E-state index in [1.54, 1.807) is 12.1 Å². The normalized spacial score (nSPS) is 10.5. The standard InChI is InChI=1S/C10H10N2O/c1-6-2-3-7-9(13)5-4-8(11)10(7)12-6/h2-5,13H,11H2,1H3. The minimum absolute atomic E-state index is 0.219. The highest BCUT2D eigenvalue weighted by Gasteiger charge is 2.03. The van der Waals surface area contributed by atoms with Crippen LogP contribution in [0.25, 0.3) is 10.9 Å². The lowest BCUT2D eigenvalue weighted by Crippen LogP contribution is -1.91. The highest BCUT2D eigenvalue weighted by Crippen LogP contribution is 2.27. The molecular formula is C10H10N2O. The lowest BCUT2D eigenvalue weighted by Gasteiger charge is -2.03. The zero-order valence-electron chi connectivity index (χ0n) is 7.28. The quantitative estimate of drug-likeness (QED) is 0.473. The monoisotopic (exact) mass is 174 g/mol. The van der Waals surface area contributed by atoms with Gasteiger partial charge in [0.2, 0.25) is 0 Å². The van der Waals surface area contributed by atoms with E-state index >= 15 is 0 Å². The number of aromatic hydroxyl groups is 1. The fourth-order valence-electron chi connectivity index (χ4n) is 1.32. The van der Waals surface area contributed by atoms with Crippen LogP contribution in [0.2, 0.25) is 0 Å². The summed E-state index contributed by atoms with van der Waals surface area (Å²) in [6, 6.07) is 6.91. The molecule has 0 aliphatic rings. The van der Waals surface area contributed by atoms with Gasteiger partial charge in [0.25, 0.3) is 0 Å². The molecule has 3 N–H and O–H groups in total. The van der Waals surface area contributed by atoms with E-state index in [0.717, 1.165) is 5.69 Å². The summed E-state index contributed by atoms with van der Waals surface area (Å²) < 4.78 is 0. The van der Waals surface area contributed by atoms with Crippen molar-refractivity contribution in [1.29, 1.82) is 0 Å². The van der Waals surface area contributed by atoms with Crippen LogP contribution >= 0.6 is 0 Å². The number of nitrogens with zero attached hydrogens (tertiary/aromatic N) is 1. The summed E-state index contributed by atoms with van der Waals surface area (Å²) in [6.07, 6.45) is 0. The third kappa shape index (κ3) is 1.18. The summed E-state index contributed by atoms with van der Waals surface area (Å²) in [4.78, 5) is 4.25. The molecule has 0 saturated heterocycles. The first kappa shape index (κ1) is 7.86. The van der Waals surface area contributed by atoms with E-state index < -0.39 is 0 Å². The number of hydrogen-bond acceptors (Lipinski definition) is 3. The van der Waals surface area contributed by atoms with E-state index in [2.05, 4.69) is 4.98 Å². The Hall–Kier alpha value is -1.77. The summed E-state index contributed by atoms with van der Waals surface area (Å²) in [5.41, 5.74) is 7.87. The van der Waals surface area contributed by atoms with Gasteiger partial charge in [-0.1, -0.05) is 0 Å². The van der Waals surface area contributed by atoms with Crippen LogP contribution in [0.1, 0.15) is 5.69 Å². The molecule has 0 spiro atoms. The maximum atomic E-state index is 9.49. The van der Waals surface area contributed by atoms with Crippen LogP contribution in [0.4, 0.5) is 5.69 Å². The molecule has 0 radical (unpaired) electrons. The van der Waals surface area contributed by atoms with Crippen molar-refractivity contribution >= 4 is 16.6 Å². The Balaban J connectivity index is 2.92. The molecule has 0 amide bonds. The predicted octanol–water partition coefficient (Wildman–Crippen LogP) is 1.83. The Morgan fingerprint density at radius 3 is 2.77 bits per heavy atom. The lowest BCUT2D eigenvalue weighted by molar-refractivity contribution is 0.481. The second-order valence-electron chi connectivity index (χ2n) is 3.02.